The van der Waals surface area contributed by atoms with Crippen LogP contribution in [0.5, 0.6) is 0 Å². The van der Waals surface area contributed by atoms with Crippen molar-refractivity contribution >= 4 is 11.9 Å². The van der Waals surface area contributed by atoms with E-state index in [0.717, 1.165) is 5.56 Å². The summed E-state index contributed by atoms with van der Waals surface area (Å²) in [6.07, 6.45) is -0.0935. The van der Waals surface area contributed by atoms with Gasteiger partial charge in [-0.25, -0.2) is 4.79 Å². The second-order valence-electron chi connectivity index (χ2n) is 5.66. The first-order valence-electron chi connectivity index (χ1n) is 7.67. The highest BCUT2D eigenvalue weighted by molar-refractivity contribution is 5.79. The van der Waals surface area contributed by atoms with Crippen LogP contribution in [0, 0.1) is 0 Å². The van der Waals surface area contributed by atoms with Gasteiger partial charge in [-0.2, -0.15) is 0 Å². The molecule has 6 nitrogen and oxygen atoms in total. The highest BCUT2D eigenvalue weighted by atomic mass is 16.5. The summed E-state index contributed by atoms with van der Waals surface area (Å²) in [6.45, 7) is 4.20. The van der Waals surface area contributed by atoms with Crippen LogP contribution in [0.3, 0.4) is 0 Å². The monoisotopic (exact) mass is 303 g/mol. The second-order valence-corrected chi connectivity index (χ2v) is 5.66. The molecule has 6 heteroatoms. The molecule has 0 bridgehead atoms. The number of nitrogens with zero attached hydrogens (tertiary/aromatic N) is 2. The molecule has 22 heavy (non-hydrogen) atoms. The summed E-state index contributed by atoms with van der Waals surface area (Å²) in [4.78, 5) is 27.8. The molecule has 2 saturated heterocycles. The van der Waals surface area contributed by atoms with Crippen LogP contribution in [-0.2, 0) is 16.1 Å². The van der Waals surface area contributed by atoms with E-state index in [1.54, 1.807) is 4.90 Å². The standard InChI is InChI=1S/C16H21N3O3/c1-2-17-16(21)18-9-13-14(10-18)22-11-15(20)19(13)8-12-6-4-3-5-7-12/h3-7,13-14H,2,8-11H2,1H3,(H,17,21)/t13-,14+/m1/s1. The van der Waals surface area contributed by atoms with Crippen LogP contribution in [0.2, 0.25) is 0 Å². The van der Waals surface area contributed by atoms with E-state index in [9.17, 15) is 9.59 Å². The average Bonchev–Trinajstić information content (AvgIpc) is 2.96. The van der Waals surface area contributed by atoms with Gasteiger partial charge in [-0.05, 0) is 12.5 Å². The molecule has 1 aromatic rings. The van der Waals surface area contributed by atoms with E-state index in [0.29, 0.717) is 26.2 Å². The lowest BCUT2D eigenvalue weighted by molar-refractivity contribution is -0.153. The lowest BCUT2D eigenvalue weighted by atomic mass is 10.1. The van der Waals surface area contributed by atoms with Crippen molar-refractivity contribution in [1.82, 2.24) is 15.1 Å². The Morgan fingerprint density at radius 1 is 1.32 bits per heavy atom. The number of urea groups is 1. The molecule has 0 aromatic heterocycles. The van der Waals surface area contributed by atoms with Crippen molar-refractivity contribution in [2.45, 2.75) is 25.6 Å². The van der Waals surface area contributed by atoms with Crippen LogP contribution in [0.1, 0.15) is 12.5 Å². The van der Waals surface area contributed by atoms with Crippen molar-refractivity contribution in [2.75, 3.05) is 26.2 Å². The third kappa shape index (κ3) is 2.92. The average molecular weight is 303 g/mol. The maximum absolute atomic E-state index is 12.2. The highest BCUT2D eigenvalue weighted by Crippen LogP contribution is 2.25. The summed E-state index contributed by atoms with van der Waals surface area (Å²) in [5, 5.41) is 2.80. The number of carbonyl (C=O) groups is 2. The summed E-state index contributed by atoms with van der Waals surface area (Å²) in [7, 11) is 0. The number of hydrogen-bond donors (Lipinski definition) is 1. The number of morpholine rings is 1. The molecule has 3 amide bonds. The molecule has 0 unspecified atom stereocenters. The van der Waals surface area contributed by atoms with E-state index in [4.69, 9.17) is 4.74 Å². The number of likely N-dealkylation sites (tertiary alicyclic amines) is 1. The largest absolute Gasteiger partial charge is 0.364 e. The molecule has 2 fully saturated rings. The van der Waals surface area contributed by atoms with Gasteiger partial charge in [-0.15, -0.1) is 0 Å². The van der Waals surface area contributed by atoms with Gasteiger partial charge in [0.15, 0.2) is 0 Å². The minimum Gasteiger partial charge on any atom is -0.364 e. The predicted molar refractivity (Wildman–Crippen MR) is 81.2 cm³/mol. The zero-order chi connectivity index (χ0) is 15.5. The van der Waals surface area contributed by atoms with Gasteiger partial charge in [-0.1, -0.05) is 30.3 Å². The fourth-order valence-electron chi connectivity index (χ4n) is 3.08. The molecule has 1 aromatic carbocycles. The molecule has 2 aliphatic rings. The zero-order valence-corrected chi connectivity index (χ0v) is 12.7. The van der Waals surface area contributed by atoms with E-state index in [-0.39, 0.29) is 30.7 Å². The molecule has 0 radical (unpaired) electrons. The minimum absolute atomic E-state index is 0.0112. The van der Waals surface area contributed by atoms with Gasteiger partial charge < -0.3 is 19.9 Å². The number of fused-ring (bicyclic) bond motifs is 1. The van der Waals surface area contributed by atoms with Crippen LogP contribution >= 0.6 is 0 Å². The summed E-state index contributed by atoms with van der Waals surface area (Å²) in [5.41, 5.74) is 1.09. The third-order valence-corrected chi connectivity index (χ3v) is 4.19. The van der Waals surface area contributed by atoms with Crippen molar-refractivity contribution in [2.24, 2.45) is 0 Å². The van der Waals surface area contributed by atoms with Crippen LogP contribution in [-0.4, -0.2) is 60.1 Å². The van der Waals surface area contributed by atoms with E-state index in [1.165, 1.54) is 0 Å². The van der Waals surface area contributed by atoms with Crippen LogP contribution < -0.4 is 5.32 Å². The smallest absolute Gasteiger partial charge is 0.317 e. The lowest BCUT2D eigenvalue weighted by Crippen LogP contribution is -2.53. The molecule has 3 rings (SSSR count). The number of ether oxygens (including phenoxy) is 1. The number of hydrogen-bond acceptors (Lipinski definition) is 3. The number of amides is 3. The quantitative estimate of drug-likeness (QED) is 0.899. The van der Waals surface area contributed by atoms with Gasteiger partial charge in [0.1, 0.15) is 6.61 Å². The molecule has 0 aliphatic carbocycles. The Bertz CT molecular complexity index is 549. The van der Waals surface area contributed by atoms with Crippen LogP contribution in [0.25, 0.3) is 0 Å². The zero-order valence-electron chi connectivity index (χ0n) is 12.7. The first kappa shape index (κ1) is 14.8. The Balaban J connectivity index is 1.72. The Hall–Kier alpha value is -2.08. The molecule has 2 atom stereocenters. The Kier molecular flexibility index (Phi) is 4.29. The molecule has 0 saturated carbocycles. The van der Waals surface area contributed by atoms with Crippen molar-refractivity contribution in [1.29, 1.82) is 0 Å². The maximum Gasteiger partial charge on any atom is 0.317 e. The number of benzene rings is 1. The molecule has 1 N–H and O–H groups in total. The Morgan fingerprint density at radius 3 is 2.82 bits per heavy atom. The Morgan fingerprint density at radius 2 is 2.09 bits per heavy atom. The van der Waals surface area contributed by atoms with E-state index < -0.39 is 0 Å². The maximum atomic E-state index is 12.2. The van der Waals surface area contributed by atoms with Crippen molar-refractivity contribution in [3.8, 4) is 0 Å². The first-order valence-corrected chi connectivity index (χ1v) is 7.67. The molecule has 118 valence electrons. The molecule has 0 spiro atoms. The molecular formula is C16H21N3O3. The van der Waals surface area contributed by atoms with Gasteiger partial charge in [0.05, 0.1) is 18.7 Å². The molecule has 2 aliphatic heterocycles. The summed E-state index contributed by atoms with van der Waals surface area (Å²) in [6, 6.07) is 9.75. The van der Waals surface area contributed by atoms with Crippen molar-refractivity contribution in [3.05, 3.63) is 35.9 Å². The van der Waals surface area contributed by atoms with E-state index >= 15 is 0 Å². The normalized spacial score (nSPS) is 24.3. The second kappa shape index (κ2) is 6.36. The summed E-state index contributed by atoms with van der Waals surface area (Å²) < 4.78 is 5.63. The molecular weight excluding hydrogens is 282 g/mol. The van der Waals surface area contributed by atoms with Gasteiger partial charge in [0, 0.05) is 19.6 Å². The van der Waals surface area contributed by atoms with Gasteiger partial charge >= 0.3 is 6.03 Å². The van der Waals surface area contributed by atoms with Crippen LogP contribution in [0.4, 0.5) is 4.79 Å². The highest BCUT2D eigenvalue weighted by Gasteiger charge is 2.44. The Labute approximate surface area is 130 Å². The van der Waals surface area contributed by atoms with Gasteiger partial charge in [0.25, 0.3) is 0 Å². The lowest BCUT2D eigenvalue weighted by Gasteiger charge is -2.36. The van der Waals surface area contributed by atoms with Gasteiger partial charge in [-0.3, -0.25) is 4.79 Å². The van der Waals surface area contributed by atoms with E-state index in [2.05, 4.69) is 5.32 Å². The number of carbonyl (C=O) groups excluding carboxylic acids is 2. The van der Waals surface area contributed by atoms with Gasteiger partial charge in [0.2, 0.25) is 5.91 Å². The van der Waals surface area contributed by atoms with Crippen molar-refractivity contribution < 1.29 is 14.3 Å². The summed E-state index contributed by atoms with van der Waals surface area (Å²) in [5.74, 6) is -0.0112. The van der Waals surface area contributed by atoms with E-state index in [1.807, 2.05) is 42.2 Å². The number of rotatable bonds is 3. The fourth-order valence-corrected chi connectivity index (χ4v) is 3.08. The third-order valence-electron chi connectivity index (χ3n) is 4.19. The van der Waals surface area contributed by atoms with Crippen LogP contribution in [0.15, 0.2) is 30.3 Å². The summed E-state index contributed by atoms with van der Waals surface area (Å²) >= 11 is 0. The minimum atomic E-state index is -0.0935. The molecule has 2 heterocycles. The predicted octanol–water partition coefficient (Wildman–Crippen LogP) is 0.828. The number of nitrogens with one attached hydrogen (secondary N) is 1. The fraction of sp³-hybridized carbons (Fsp3) is 0.500. The van der Waals surface area contributed by atoms with Crippen molar-refractivity contribution in [3.63, 3.8) is 0 Å². The SMILES string of the molecule is CCNC(=O)N1C[C@@H]2OCC(=O)N(Cc3ccccc3)[C@@H]2C1. The topological polar surface area (TPSA) is 61.9 Å². The first-order chi connectivity index (χ1) is 10.7.